The topological polar surface area (TPSA) is 29.3 Å². The summed E-state index contributed by atoms with van der Waals surface area (Å²) in [5.74, 6) is 0.724. The van der Waals surface area contributed by atoms with Gasteiger partial charge in [-0.25, -0.2) is 0 Å². The zero-order valence-electron chi connectivity index (χ0n) is 7.92. The van der Waals surface area contributed by atoms with Crippen LogP contribution in [0, 0.1) is 5.92 Å². The Morgan fingerprint density at radius 3 is 2.83 bits per heavy atom. The third-order valence-corrected chi connectivity index (χ3v) is 2.67. The number of hydrogen-bond acceptors (Lipinski definition) is 2. The van der Waals surface area contributed by atoms with Crippen LogP contribution in [0.15, 0.2) is 0 Å². The Kier molecular flexibility index (Phi) is 3.47. The molecule has 1 aliphatic heterocycles. The van der Waals surface area contributed by atoms with Gasteiger partial charge in [0.1, 0.15) is 0 Å². The van der Waals surface area contributed by atoms with E-state index in [-0.39, 0.29) is 0 Å². The van der Waals surface area contributed by atoms with Gasteiger partial charge in [0.25, 0.3) is 0 Å². The van der Waals surface area contributed by atoms with Crippen molar-refractivity contribution in [3.8, 4) is 0 Å². The Balaban J connectivity index is 2.46. The fraction of sp³-hybridized carbons (Fsp3) is 0.889. The van der Waals surface area contributed by atoms with Crippen molar-refractivity contribution < 1.29 is 0 Å². The number of nitrogens with zero attached hydrogens (tertiary/aromatic N) is 1. The molecule has 1 aliphatic rings. The van der Waals surface area contributed by atoms with Gasteiger partial charge in [0.05, 0.1) is 4.99 Å². The molecular formula is C9H18N2S. The van der Waals surface area contributed by atoms with Crippen LogP contribution >= 0.6 is 12.2 Å². The summed E-state index contributed by atoms with van der Waals surface area (Å²) in [6, 6.07) is 0.700. The molecule has 0 saturated carbocycles. The van der Waals surface area contributed by atoms with E-state index in [1.54, 1.807) is 0 Å². The van der Waals surface area contributed by atoms with Crippen LogP contribution < -0.4 is 5.73 Å². The third kappa shape index (κ3) is 2.42. The van der Waals surface area contributed by atoms with Crippen LogP contribution in [0.1, 0.15) is 26.7 Å². The summed E-state index contributed by atoms with van der Waals surface area (Å²) in [5, 5.41) is 0. The molecule has 0 aliphatic carbocycles. The lowest BCUT2D eigenvalue weighted by molar-refractivity contribution is 0.234. The molecule has 0 aromatic carbocycles. The lowest BCUT2D eigenvalue weighted by Crippen LogP contribution is -2.38. The second kappa shape index (κ2) is 4.19. The predicted octanol–water partition coefficient (Wildman–Crippen LogP) is 1.39. The first kappa shape index (κ1) is 9.93. The Morgan fingerprint density at radius 1 is 1.67 bits per heavy atom. The monoisotopic (exact) mass is 186 g/mol. The molecule has 1 atom stereocenters. The smallest absolute Gasteiger partial charge is 0.0870 e. The molecule has 1 unspecified atom stereocenters. The van der Waals surface area contributed by atoms with Crippen LogP contribution in [0.2, 0.25) is 0 Å². The van der Waals surface area contributed by atoms with Crippen molar-refractivity contribution in [1.29, 1.82) is 0 Å². The third-order valence-electron chi connectivity index (χ3n) is 2.54. The van der Waals surface area contributed by atoms with E-state index in [1.165, 1.54) is 19.4 Å². The quantitative estimate of drug-likeness (QED) is 0.675. The number of thiocarbonyl (C=S) groups is 1. The SMILES string of the molecule is CC(C)C1CCCN1CC(N)=S. The second-order valence-corrected chi connectivity index (χ2v) is 4.41. The highest BCUT2D eigenvalue weighted by Crippen LogP contribution is 2.22. The molecule has 0 amide bonds. The molecule has 0 spiro atoms. The molecular weight excluding hydrogens is 168 g/mol. The van der Waals surface area contributed by atoms with Crippen LogP contribution in [0.25, 0.3) is 0 Å². The van der Waals surface area contributed by atoms with E-state index in [2.05, 4.69) is 18.7 Å². The van der Waals surface area contributed by atoms with Gasteiger partial charge in [0, 0.05) is 12.6 Å². The maximum atomic E-state index is 5.52. The van der Waals surface area contributed by atoms with Crippen LogP contribution in [-0.4, -0.2) is 29.0 Å². The molecule has 0 radical (unpaired) electrons. The van der Waals surface area contributed by atoms with Gasteiger partial charge in [-0.05, 0) is 25.3 Å². The van der Waals surface area contributed by atoms with Crippen molar-refractivity contribution in [3.05, 3.63) is 0 Å². The largest absolute Gasteiger partial charge is 0.392 e. The summed E-state index contributed by atoms with van der Waals surface area (Å²) in [6.45, 7) is 6.50. The van der Waals surface area contributed by atoms with Gasteiger partial charge in [0.15, 0.2) is 0 Å². The first-order valence-electron chi connectivity index (χ1n) is 4.63. The first-order valence-corrected chi connectivity index (χ1v) is 5.04. The summed E-state index contributed by atoms with van der Waals surface area (Å²) >= 11 is 4.91. The standard InChI is InChI=1S/C9H18N2S/c1-7(2)8-4-3-5-11(8)6-9(10)12/h7-8H,3-6H2,1-2H3,(H2,10,12). The van der Waals surface area contributed by atoms with Crippen molar-refractivity contribution in [2.45, 2.75) is 32.7 Å². The van der Waals surface area contributed by atoms with Crippen molar-refractivity contribution in [1.82, 2.24) is 4.90 Å². The lowest BCUT2D eigenvalue weighted by atomic mass is 10.0. The Morgan fingerprint density at radius 2 is 2.33 bits per heavy atom. The summed E-state index contributed by atoms with van der Waals surface area (Å²) in [7, 11) is 0. The van der Waals surface area contributed by atoms with Gasteiger partial charge in [-0.2, -0.15) is 0 Å². The summed E-state index contributed by atoms with van der Waals surface area (Å²) < 4.78 is 0. The minimum Gasteiger partial charge on any atom is -0.392 e. The van der Waals surface area contributed by atoms with Crippen molar-refractivity contribution in [3.63, 3.8) is 0 Å². The molecule has 1 saturated heterocycles. The number of hydrogen-bond donors (Lipinski definition) is 1. The Hall–Kier alpha value is -0.150. The fourth-order valence-corrected chi connectivity index (χ4v) is 2.17. The van der Waals surface area contributed by atoms with E-state index in [9.17, 15) is 0 Å². The predicted molar refractivity (Wildman–Crippen MR) is 56.2 cm³/mol. The van der Waals surface area contributed by atoms with E-state index < -0.39 is 0 Å². The van der Waals surface area contributed by atoms with Gasteiger partial charge in [-0.15, -0.1) is 0 Å². The molecule has 1 heterocycles. The van der Waals surface area contributed by atoms with E-state index in [0.717, 1.165) is 12.5 Å². The second-order valence-electron chi connectivity index (χ2n) is 3.89. The normalized spacial score (nSPS) is 25.1. The summed E-state index contributed by atoms with van der Waals surface area (Å²) in [5.41, 5.74) is 5.52. The average molecular weight is 186 g/mol. The maximum absolute atomic E-state index is 5.52. The van der Waals surface area contributed by atoms with Crippen molar-refractivity contribution >= 4 is 17.2 Å². The summed E-state index contributed by atoms with van der Waals surface area (Å²) in [6.07, 6.45) is 2.60. The van der Waals surface area contributed by atoms with Gasteiger partial charge < -0.3 is 5.73 Å². The Bertz CT molecular complexity index is 168. The molecule has 12 heavy (non-hydrogen) atoms. The summed E-state index contributed by atoms with van der Waals surface area (Å²) in [4.78, 5) is 3.04. The minimum atomic E-state index is 0.627. The molecule has 1 fully saturated rings. The van der Waals surface area contributed by atoms with Gasteiger partial charge >= 0.3 is 0 Å². The zero-order valence-corrected chi connectivity index (χ0v) is 8.73. The van der Waals surface area contributed by atoms with Crippen molar-refractivity contribution in [2.75, 3.05) is 13.1 Å². The maximum Gasteiger partial charge on any atom is 0.0870 e. The molecule has 0 aromatic rings. The van der Waals surface area contributed by atoms with Gasteiger partial charge in [0.2, 0.25) is 0 Å². The molecule has 3 heteroatoms. The molecule has 0 bridgehead atoms. The minimum absolute atomic E-state index is 0.627. The highest BCUT2D eigenvalue weighted by molar-refractivity contribution is 7.80. The molecule has 70 valence electrons. The number of likely N-dealkylation sites (tertiary alicyclic amines) is 1. The van der Waals surface area contributed by atoms with Crippen LogP contribution in [0.4, 0.5) is 0 Å². The van der Waals surface area contributed by atoms with Gasteiger partial charge in [-0.3, -0.25) is 4.90 Å². The average Bonchev–Trinajstić information content (AvgIpc) is 2.33. The van der Waals surface area contributed by atoms with E-state index in [0.29, 0.717) is 11.0 Å². The molecule has 0 aromatic heterocycles. The molecule has 1 rings (SSSR count). The highest BCUT2D eigenvalue weighted by Gasteiger charge is 2.26. The van der Waals surface area contributed by atoms with Gasteiger partial charge in [-0.1, -0.05) is 26.1 Å². The first-order chi connectivity index (χ1) is 5.61. The van der Waals surface area contributed by atoms with E-state index >= 15 is 0 Å². The number of nitrogens with two attached hydrogens (primary N) is 1. The zero-order chi connectivity index (χ0) is 9.14. The molecule has 2 N–H and O–H groups in total. The molecule has 2 nitrogen and oxygen atoms in total. The highest BCUT2D eigenvalue weighted by atomic mass is 32.1. The van der Waals surface area contributed by atoms with Crippen LogP contribution in [0.5, 0.6) is 0 Å². The van der Waals surface area contributed by atoms with E-state index in [4.69, 9.17) is 18.0 Å². The van der Waals surface area contributed by atoms with Crippen molar-refractivity contribution in [2.24, 2.45) is 11.7 Å². The number of rotatable bonds is 3. The van der Waals surface area contributed by atoms with Crippen LogP contribution in [-0.2, 0) is 0 Å². The van der Waals surface area contributed by atoms with E-state index in [1.807, 2.05) is 0 Å². The fourth-order valence-electron chi connectivity index (χ4n) is 2.00. The Labute approximate surface area is 80.1 Å². The lowest BCUT2D eigenvalue weighted by Gasteiger charge is -2.26. The van der Waals surface area contributed by atoms with Crippen LogP contribution in [0.3, 0.4) is 0 Å².